The first-order chi connectivity index (χ1) is 7.31. The zero-order valence-electron chi connectivity index (χ0n) is 8.28. The predicted molar refractivity (Wildman–Crippen MR) is 55.0 cm³/mol. The van der Waals surface area contributed by atoms with Gasteiger partial charge in [0.05, 0.1) is 7.11 Å². The van der Waals surface area contributed by atoms with Crippen LogP contribution in [0.3, 0.4) is 0 Å². The Hall–Kier alpha value is -2.04. The molecule has 0 aliphatic rings. The van der Waals surface area contributed by atoms with E-state index >= 15 is 0 Å². The normalized spacial score (nSPS) is 10.2. The number of nitrogens with one attached hydrogen (secondary N) is 2. The fourth-order valence-electron chi connectivity index (χ4n) is 1.42. The lowest BCUT2D eigenvalue weighted by Gasteiger charge is -2.05. The molecule has 0 aliphatic carbocycles. The second-order valence-electron chi connectivity index (χ2n) is 3.13. The molecule has 2 aromatic heterocycles. The van der Waals surface area contributed by atoms with E-state index < -0.39 is 0 Å². The van der Waals surface area contributed by atoms with E-state index in [1.807, 2.05) is 0 Å². The first kappa shape index (κ1) is 9.51. The number of methoxy groups -OCH3 is 1. The molecule has 0 atom stereocenters. The van der Waals surface area contributed by atoms with E-state index in [9.17, 15) is 4.79 Å². The van der Waals surface area contributed by atoms with Gasteiger partial charge in [-0.1, -0.05) is 0 Å². The van der Waals surface area contributed by atoms with Gasteiger partial charge in [-0.2, -0.15) is 0 Å². The maximum Gasteiger partial charge on any atom is 0.267 e. The molecule has 0 saturated carbocycles. The van der Waals surface area contributed by atoms with Crippen molar-refractivity contribution in [3.63, 3.8) is 0 Å². The molecule has 0 spiro atoms. The molecular weight excluding hydrogens is 194 g/mol. The van der Waals surface area contributed by atoms with Gasteiger partial charge >= 0.3 is 0 Å². The molecule has 15 heavy (non-hydrogen) atoms. The number of hydrogen-bond acceptors (Lipinski definition) is 3. The SMILES string of the molecule is COc1ccncc1Cc1c[nH][nH]c1=O. The van der Waals surface area contributed by atoms with Crippen molar-refractivity contribution < 1.29 is 4.74 Å². The maximum atomic E-state index is 11.3. The molecule has 0 aliphatic heterocycles. The lowest BCUT2D eigenvalue weighted by molar-refractivity contribution is 0.410. The lowest BCUT2D eigenvalue weighted by Crippen LogP contribution is -2.06. The summed E-state index contributed by atoms with van der Waals surface area (Å²) in [6, 6.07) is 1.77. The first-order valence-corrected chi connectivity index (χ1v) is 4.53. The van der Waals surface area contributed by atoms with Gasteiger partial charge in [0.25, 0.3) is 5.56 Å². The largest absolute Gasteiger partial charge is 0.496 e. The van der Waals surface area contributed by atoms with E-state index in [0.717, 1.165) is 11.3 Å². The highest BCUT2D eigenvalue weighted by molar-refractivity contribution is 5.33. The van der Waals surface area contributed by atoms with Crippen molar-refractivity contribution in [2.45, 2.75) is 6.42 Å². The van der Waals surface area contributed by atoms with Crippen molar-refractivity contribution in [2.24, 2.45) is 0 Å². The minimum Gasteiger partial charge on any atom is -0.496 e. The van der Waals surface area contributed by atoms with Gasteiger partial charge in [-0.15, -0.1) is 0 Å². The summed E-state index contributed by atoms with van der Waals surface area (Å²) < 4.78 is 5.17. The van der Waals surface area contributed by atoms with Crippen LogP contribution in [0, 0.1) is 0 Å². The van der Waals surface area contributed by atoms with Crippen molar-refractivity contribution in [1.29, 1.82) is 0 Å². The Morgan fingerprint density at radius 2 is 2.33 bits per heavy atom. The number of rotatable bonds is 3. The molecule has 0 saturated heterocycles. The van der Waals surface area contributed by atoms with Crippen LogP contribution in [0.15, 0.2) is 29.5 Å². The van der Waals surface area contributed by atoms with Crippen molar-refractivity contribution in [2.75, 3.05) is 7.11 Å². The third-order valence-electron chi connectivity index (χ3n) is 2.18. The lowest BCUT2D eigenvalue weighted by atomic mass is 10.1. The van der Waals surface area contributed by atoms with Gasteiger partial charge in [0.2, 0.25) is 0 Å². The number of pyridine rings is 1. The van der Waals surface area contributed by atoms with Crippen LogP contribution < -0.4 is 10.3 Å². The van der Waals surface area contributed by atoms with Gasteiger partial charge < -0.3 is 9.84 Å². The van der Waals surface area contributed by atoms with Crippen LogP contribution in [0.2, 0.25) is 0 Å². The third-order valence-corrected chi connectivity index (χ3v) is 2.18. The number of hydrogen-bond donors (Lipinski definition) is 2. The summed E-state index contributed by atoms with van der Waals surface area (Å²) in [6.45, 7) is 0. The molecule has 0 bridgehead atoms. The monoisotopic (exact) mass is 205 g/mol. The average Bonchev–Trinajstić information content (AvgIpc) is 2.65. The quantitative estimate of drug-likeness (QED) is 0.774. The van der Waals surface area contributed by atoms with Crippen LogP contribution in [-0.2, 0) is 6.42 Å². The van der Waals surface area contributed by atoms with Crippen molar-refractivity contribution in [3.05, 3.63) is 46.1 Å². The topological polar surface area (TPSA) is 70.8 Å². The van der Waals surface area contributed by atoms with Crippen LogP contribution >= 0.6 is 0 Å². The summed E-state index contributed by atoms with van der Waals surface area (Å²) in [4.78, 5) is 15.3. The van der Waals surface area contributed by atoms with E-state index in [1.165, 1.54) is 0 Å². The highest BCUT2D eigenvalue weighted by Gasteiger charge is 2.06. The number of nitrogens with zero attached hydrogens (tertiary/aromatic N) is 1. The maximum absolute atomic E-state index is 11.3. The summed E-state index contributed by atoms with van der Waals surface area (Å²) in [5, 5.41) is 5.14. The summed E-state index contributed by atoms with van der Waals surface area (Å²) >= 11 is 0. The smallest absolute Gasteiger partial charge is 0.267 e. The highest BCUT2D eigenvalue weighted by atomic mass is 16.5. The van der Waals surface area contributed by atoms with Gasteiger partial charge in [-0.3, -0.25) is 14.9 Å². The Morgan fingerprint density at radius 1 is 1.47 bits per heavy atom. The fourth-order valence-corrected chi connectivity index (χ4v) is 1.42. The first-order valence-electron chi connectivity index (χ1n) is 4.53. The molecule has 5 nitrogen and oxygen atoms in total. The molecule has 2 rings (SSSR count). The van der Waals surface area contributed by atoms with Crippen LogP contribution in [0.4, 0.5) is 0 Å². The molecule has 2 N–H and O–H groups in total. The highest BCUT2D eigenvalue weighted by Crippen LogP contribution is 2.17. The average molecular weight is 205 g/mol. The number of aromatic nitrogens is 3. The van der Waals surface area contributed by atoms with Gasteiger partial charge in [-0.25, -0.2) is 0 Å². The zero-order valence-corrected chi connectivity index (χ0v) is 8.28. The summed E-state index contributed by atoms with van der Waals surface area (Å²) in [5.41, 5.74) is 1.45. The summed E-state index contributed by atoms with van der Waals surface area (Å²) in [6.07, 6.45) is 5.51. The van der Waals surface area contributed by atoms with E-state index in [0.29, 0.717) is 12.0 Å². The van der Waals surface area contributed by atoms with Crippen LogP contribution in [-0.4, -0.2) is 22.3 Å². The molecular formula is C10H11N3O2. The van der Waals surface area contributed by atoms with Gasteiger partial charge in [-0.05, 0) is 6.07 Å². The molecule has 2 heterocycles. The number of ether oxygens (including phenoxy) is 1. The third kappa shape index (κ3) is 1.90. The summed E-state index contributed by atoms with van der Waals surface area (Å²) in [5.74, 6) is 0.741. The minimum atomic E-state index is -0.110. The van der Waals surface area contributed by atoms with Crippen LogP contribution in [0.25, 0.3) is 0 Å². The van der Waals surface area contributed by atoms with E-state index in [1.54, 1.807) is 31.8 Å². The molecule has 0 unspecified atom stereocenters. The molecule has 0 aromatic carbocycles. The number of H-pyrrole nitrogens is 2. The van der Waals surface area contributed by atoms with E-state index in [-0.39, 0.29) is 5.56 Å². The molecule has 0 amide bonds. The standard InChI is InChI=1S/C10H11N3O2/c1-15-9-2-3-11-5-7(9)4-8-6-12-13-10(8)14/h2-3,5-6H,4H2,1H3,(H2,12,13,14). The predicted octanol–water partition coefficient (Wildman–Crippen LogP) is 0.697. The van der Waals surface area contributed by atoms with E-state index in [4.69, 9.17) is 4.74 Å². The fraction of sp³-hybridized carbons (Fsp3) is 0.200. The van der Waals surface area contributed by atoms with Gasteiger partial charge in [0.15, 0.2) is 0 Å². The van der Waals surface area contributed by atoms with E-state index in [2.05, 4.69) is 15.2 Å². The molecule has 0 fully saturated rings. The van der Waals surface area contributed by atoms with Crippen molar-refractivity contribution in [3.8, 4) is 5.75 Å². The second-order valence-corrected chi connectivity index (χ2v) is 3.13. The zero-order chi connectivity index (χ0) is 10.7. The van der Waals surface area contributed by atoms with Crippen LogP contribution in [0.1, 0.15) is 11.1 Å². The molecule has 78 valence electrons. The second kappa shape index (κ2) is 4.00. The Kier molecular flexibility index (Phi) is 2.53. The Bertz CT molecular complexity index is 501. The van der Waals surface area contributed by atoms with Gasteiger partial charge in [0, 0.05) is 36.1 Å². The molecule has 5 heteroatoms. The molecule has 2 aromatic rings. The molecule has 0 radical (unpaired) electrons. The summed E-state index contributed by atoms with van der Waals surface area (Å²) in [7, 11) is 1.60. The van der Waals surface area contributed by atoms with Crippen molar-refractivity contribution >= 4 is 0 Å². The van der Waals surface area contributed by atoms with Crippen molar-refractivity contribution in [1.82, 2.24) is 15.2 Å². The Morgan fingerprint density at radius 3 is 3.00 bits per heavy atom. The Balaban J connectivity index is 2.32. The van der Waals surface area contributed by atoms with Gasteiger partial charge in [0.1, 0.15) is 5.75 Å². The minimum absolute atomic E-state index is 0.110. The number of aromatic amines is 2. The van der Waals surface area contributed by atoms with Crippen LogP contribution in [0.5, 0.6) is 5.75 Å². The Labute approximate surface area is 86.1 Å².